The van der Waals surface area contributed by atoms with Crippen LogP contribution in [0.4, 0.5) is 0 Å². The summed E-state index contributed by atoms with van der Waals surface area (Å²) in [5.41, 5.74) is 4.91. The molecule has 1 aliphatic heterocycles. The van der Waals surface area contributed by atoms with Crippen LogP contribution in [0.15, 0.2) is 36.7 Å². The van der Waals surface area contributed by atoms with Crippen LogP contribution < -0.4 is 4.74 Å². The van der Waals surface area contributed by atoms with Gasteiger partial charge in [-0.1, -0.05) is 18.2 Å². The summed E-state index contributed by atoms with van der Waals surface area (Å²) >= 11 is 0. The van der Waals surface area contributed by atoms with Crippen molar-refractivity contribution in [1.82, 2.24) is 19.8 Å². The second-order valence-corrected chi connectivity index (χ2v) is 7.89. The van der Waals surface area contributed by atoms with Crippen molar-refractivity contribution in [1.29, 1.82) is 0 Å². The number of carboxylic acids is 1. The molecular weight excluding hydrogens is 380 g/mol. The highest BCUT2D eigenvalue weighted by atomic mass is 16.5. The fourth-order valence-corrected chi connectivity index (χ4v) is 4.43. The minimum atomic E-state index is -0.811. The van der Waals surface area contributed by atoms with E-state index in [1.54, 1.807) is 7.11 Å². The monoisotopic (exact) mass is 408 g/mol. The molecule has 3 heterocycles. The molecule has 1 fully saturated rings. The Labute approximate surface area is 176 Å². The molecule has 0 aliphatic carbocycles. The predicted molar refractivity (Wildman–Crippen MR) is 116 cm³/mol. The largest absolute Gasteiger partial charge is 0.496 e. The Hall–Kier alpha value is -2.90. The van der Waals surface area contributed by atoms with Crippen LogP contribution in [-0.4, -0.2) is 64.1 Å². The highest BCUT2D eigenvalue weighted by Gasteiger charge is 2.32. The number of nitrogens with one attached hydrogen (secondary N) is 1. The summed E-state index contributed by atoms with van der Waals surface area (Å²) < 4.78 is 5.52. The number of fused-ring (bicyclic) bond motifs is 1. The molecule has 0 saturated carbocycles. The van der Waals surface area contributed by atoms with Gasteiger partial charge in [-0.15, -0.1) is 0 Å². The summed E-state index contributed by atoms with van der Waals surface area (Å²) in [6.45, 7) is 7.76. The van der Waals surface area contributed by atoms with Crippen LogP contribution in [0.5, 0.6) is 5.75 Å². The SMILES string of the molecule is COc1c(C)cnc(CN2CCN(C(C(=O)O)c3c[nH]c4ccccc34)CC2)c1C. The molecule has 158 valence electrons. The van der Waals surface area contributed by atoms with Gasteiger partial charge in [-0.25, -0.2) is 0 Å². The van der Waals surface area contributed by atoms with E-state index in [0.717, 1.165) is 58.7 Å². The van der Waals surface area contributed by atoms with Crippen LogP contribution in [0.3, 0.4) is 0 Å². The fourth-order valence-electron chi connectivity index (χ4n) is 4.43. The number of aromatic amines is 1. The van der Waals surface area contributed by atoms with Gasteiger partial charge in [0.15, 0.2) is 0 Å². The first kappa shape index (κ1) is 20.4. The van der Waals surface area contributed by atoms with E-state index in [4.69, 9.17) is 4.74 Å². The molecule has 0 spiro atoms. The zero-order valence-corrected chi connectivity index (χ0v) is 17.7. The number of methoxy groups -OCH3 is 1. The molecule has 7 nitrogen and oxygen atoms in total. The van der Waals surface area contributed by atoms with E-state index in [2.05, 4.69) is 19.8 Å². The van der Waals surface area contributed by atoms with Crippen LogP contribution in [-0.2, 0) is 11.3 Å². The first-order valence-electron chi connectivity index (χ1n) is 10.2. The summed E-state index contributed by atoms with van der Waals surface area (Å²) in [5, 5.41) is 11.0. The number of hydrogen-bond acceptors (Lipinski definition) is 5. The van der Waals surface area contributed by atoms with Gasteiger partial charge in [0.1, 0.15) is 11.8 Å². The van der Waals surface area contributed by atoms with E-state index < -0.39 is 12.0 Å². The Morgan fingerprint density at radius 3 is 2.67 bits per heavy atom. The summed E-state index contributed by atoms with van der Waals surface area (Å²) in [6, 6.07) is 7.20. The number of nitrogens with zero attached hydrogens (tertiary/aromatic N) is 3. The lowest BCUT2D eigenvalue weighted by Gasteiger charge is -2.37. The number of carboxylic acid groups (broad SMARTS) is 1. The lowest BCUT2D eigenvalue weighted by atomic mass is 10.0. The van der Waals surface area contributed by atoms with Crippen molar-refractivity contribution >= 4 is 16.9 Å². The highest BCUT2D eigenvalue weighted by Crippen LogP contribution is 2.30. The van der Waals surface area contributed by atoms with E-state index in [1.165, 1.54) is 0 Å². The molecule has 1 aromatic carbocycles. The van der Waals surface area contributed by atoms with Crippen LogP contribution in [0.2, 0.25) is 0 Å². The Bertz CT molecular complexity index is 1050. The number of hydrogen-bond donors (Lipinski definition) is 2. The zero-order valence-electron chi connectivity index (χ0n) is 17.7. The molecule has 1 atom stereocenters. The molecule has 1 saturated heterocycles. The summed E-state index contributed by atoms with van der Waals surface area (Å²) in [5.74, 6) is 0.0814. The van der Waals surface area contributed by atoms with Gasteiger partial charge in [0.2, 0.25) is 0 Å². The van der Waals surface area contributed by atoms with Crippen LogP contribution >= 0.6 is 0 Å². The number of pyridine rings is 1. The topological polar surface area (TPSA) is 81.7 Å². The normalized spacial score (nSPS) is 16.6. The third-order valence-electron chi connectivity index (χ3n) is 6.04. The number of rotatable bonds is 6. The summed E-state index contributed by atoms with van der Waals surface area (Å²) in [6.07, 6.45) is 3.69. The second kappa shape index (κ2) is 8.45. The fraction of sp³-hybridized carbons (Fsp3) is 0.391. The molecule has 4 rings (SSSR count). The third kappa shape index (κ3) is 3.78. The van der Waals surface area contributed by atoms with Crippen molar-refractivity contribution in [2.24, 2.45) is 0 Å². The highest BCUT2D eigenvalue weighted by molar-refractivity contribution is 5.89. The minimum absolute atomic E-state index is 0.650. The van der Waals surface area contributed by atoms with Crippen molar-refractivity contribution in [2.75, 3.05) is 33.3 Å². The molecule has 3 aromatic rings. The van der Waals surface area contributed by atoms with E-state index in [0.29, 0.717) is 13.1 Å². The molecular formula is C23H28N4O3. The van der Waals surface area contributed by atoms with Gasteiger partial charge < -0.3 is 14.8 Å². The Balaban J connectivity index is 1.48. The summed E-state index contributed by atoms with van der Waals surface area (Å²) in [7, 11) is 1.69. The molecule has 0 bridgehead atoms. The van der Waals surface area contributed by atoms with Crippen molar-refractivity contribution < 1.29 is 14.6 Å². The standard InChI is InChI=1S/C23H28N4O3/c1-15-12-24-20(16(2)22(15)30-3)14-26-8-10-27(11-9-26)21(23(28)29)18-13-25-19-7-5-4-6-17(18)19/h4-7,12-13,21,25H,8-11,14H2,1-3H3,(H,28,29). The number of ether oxygens (including phenoxy) is 1. The quantitative estimate of drug-likeness (QED) is 0.652. The van der Waals surface area contributed by atoms with Gasteiger partial charge in [-0.3, -0.25) is 19.6 Å². The molecule has 7 heteroatoms. The first-order chi connectivity index (χ1) is 14.5. The van der Waals surface area contributed by atoms with Crippen molar-refractivity contribution in [3.63, 3.8) is 0 Å². The Morgan fingerprint density at radius 1 is 1.23 bits per heavy atom. The van der Waals surface area contributed by atoms with Crippen molar-refractivity contribution in [2.45, 2.75) is 26.4 Å². The lowest BCUT2D eigenvalue weighted by Crippen LogP contribution is -2.49. The zero-order chi connectivity index (χ0) is 21.3. The number of para-hydroxylation sites is 1. The van der Waals surface area contributed by atoms with Gasteiger partial charge in [-0.05, 0) is 19.9 Å². The maximum Gasteiger partial charge on any atom is 0.325 e. The van der Waals surface area contributed by atoms with Gasteiger partial charge in [0.25, 0.3) is 0 Å². The molecule has 0 radical (unpaired) electrons. The predicted octanol–water partition coefficient (Wildman–Crippen LogP) is 3.13. The van der Waals surface area contributed by atoms with E-state index in [-0.39, 0.29) is 0 Å². The molecule has 2 N–H and O–H groups in total. The number of aliphatic carboxylic acids is 1. The minimum Gasteiger partial charge on any atom is -0.496 e. The van der Waals surface area contributed by atoms with Gasteiger partial charge in [0, 0.05) is 72.7 Å². The molecule has 2 aromatic heterocycles. The summed E-state index contributed by atoms with van der Waals surface area (Å²) in [4.78, 5) is 24.4. The third-order valence-corrected chi connectivity index (χ3v) is 6.04. The van der Waals surface area contributed by atoms with Crippen molar-refractivity contribution in [3.05, 3.63) is 59.0 Å². The van der Waals surface area contributed by atoms with Crippen molar-refractivity contribution in [3.8, 4) is 5.75 Å². The lowest BCUT2D eigenvalue weighted by molar-refractivity contribution is -0.144. The first-order valence-corrected chi connectivity index (χ1v) is 10.2. The van der Waals surface area contributed by atoms with Gasteiger partial charge >= 0.3 is 5.97 Å². The molecule has 30 heavy (non-hydrogen) atoms. The maximum atomic E-state index is 12.2. The number of aryl methyl sites for hydroxylation is 1. The maximum absolute atomic E-state index is 12.2. The Kier molecular flexibility index (Phi) is 5.74. The van der Waals surface area contributed by atoms with E-state index >= 15 is 0 Å². The number of piperazine rings is 1. The number of aromatic nitrogens is 2. The molecule has 1 unspecified atom stereocenters. The van der Waals surface area contributed by atoms with E-state index in [9.17, 15) is 9.90 Å². The molecule has 1 aliphatic rings. The number of benzene rings is 1. The second-order valence-electron chi connectivity index (χ2n) is 7.89. The van der Waals surface area contributed by atoms with Crippen LogP contribution in [0.25, 0.3) is 10.9 Å². The van der Waals surface area contributed by atoms with E-state index in [1.807, 2.05) is 50.5 Å². The average molecular weight is 409 g/mol. The van der Waals surface area contributed by atoms with Crippen LogP contribution in [0, 0.1) is 13.8 Å². The number of carbonyl (C=O) groups is 1. The van der Waals surface area contributed by atoms with Gasteiger partial charge in [-0.2, -0.15) is 0 Å². The Morgan fingerprint density at radius 2 is 1.97 bits per heavy atom. The van der Waals surface area contributed by atoms with Gasteiger partial charge in [0.05, 0.1) is 12.8 Å². The van der Waals surface area contributed by atoms with Crippen LogP contribution in [0.1, 0.15) is 28.4 Å². The number of H-pyrrole nitrogens is 1. The molecule has 0 amide bonds. The average Bonchev–Trinajstić information content (AvgIpc) is 3.15. The smallest absolute Gasteiger partial charge is 0.325 e.